The largest absolute Gasteiger partial charge is 0.309 e. The Balaban J connectivity index is 1.85. The first-order valence-electron chi connectivity index (χ1n) is 5.34. The summed E-state index contributed by atoms with van der Waals surface area (Å²) in [5.41, 5.74) is 2.51. The molecule has 0 aliphatic heterocycles. The minimum atomic E-state index is 0.791. The Kier molecular flexibility index (Phi) is 3.97. The third kappa shape index (κ3) is 3.37. The molecule has 0 aromatic heterocycles. The van der Waals surface area contributed by atoms with E-state index in [2.05, 4.69) is 35.6 Å². The van der Waals surface area contributed by atoms with Crippen molar-refractivity contribution in [1.82, 2.24) is 5.32 Å². The number of halogens is 1. The Hall–Kier alpha value is -1.31. The van der Waals surface area contributed by atoms with Crippen molar-refractivity contribution < 1.29 is 0 Å². The molecule has 0 radical (unpaired) electrons. The molecule has 0 saturated carbocycles. The summed E-state index contributed by atoms with van der Waals surface area (Å²) >= 11 is 5.91. The first-order chi connectivity index (χ1) is 7.84. The van der Waals surface area contributed by atoms with E-state index in [9.17, 15) is 0 Å². The van der Waals surface area contributed by atoms with Crippen LogP contribution in [0.15, 0.2) is 54.6 Å². The van der Waals surface area contributed by atoms with Gasteiger partial charge in [0.2, 0.25) is 0 Å². The molecular formula is C14H14ClN. The molecule has 1 nitrogen and oxygen atoms in total. The van der Waals surface area contributed by atoms with Crippen molar-refractivity contribution in [3.63, 3.8) is 0 Å². The lowest BCUT2D eigenvalue weighted by Crippen LogP contribution is -2.12. The fraction of sp³-hybridized carbons (Fsp3) is 0.143. The van der Waals surface area contributed by atoms with Gasteiger partial charge in [-0.05, 0) is 23.3 Å². The molecule has 16 heavy (non-hydrogen) atoms. The molecule has 2 aromatic carbocycles. The molecule has 0 aliphatic carbocycles. The number of hydrogen-bond donors (Lipinski definition) is 1. The van der Waals surface area contributed by atoms with E-state index in [1.54, 1.807) is 0 Å². The first-order valence-corrected chi connectivity index (χ1v) is 5.71. The Bertz CT molecular complexity index is 439. The topological polar surface area (TPSA) is 12.0 Å². The van der Waals surface area contributed by atoms with E-state index in [0.29, 0.717) is 0 Å². The van der Waals surface area contributed by atoms with Crippen LogP contribution in [0.5, 0.6) is 0 Å². The van der Waals surface area contributed by atoms with Gasteiger partial charge < -0.3 is 5.32 Å². The molecule has 0 atom stereocenters. The third-order valence-corrected chi connectivity index (χ3v) is 2.63. The number of benzene rings is 2. The zero-order chi connectivity index (χ0) is 11.2. The molecule has 0 heterocycles. The van der Waals surface area contributed by atoms with Gasteiger partial charge in [0.25, 0.3) is 0 Å². The van der Waals surface area contributed by atoms with Gasteiger partial charge in [0.05, 0.1) is 0 Å². The van der Waals surface area contributed by atoms with Crippen LogP contribution in [0.4, 0.5) is 0 Å². The van der Waals surface area contributed by atoms with Crippen LogP contribution >= 0.6 is 11.6 Å². The van der Waals surface area contributed by atoms with Gasteiger partial charge in [0.15, 0.2) is 0 Å². The maximum Gasteiger partial charge on any atom is 0.0409 e. The Morgan fingerprint density at radius 1 is 0.812 bits per heavy atom. The molecule has 0 amide bonds. The van der Waals surface area contributed by atoms with Crippen LogP contribution in [-0.4, -0.2) is 0 Å². The average Bonchev–Trinajstić information content (AvgIpc) is 2.30. The van der Waals surface area contributed by atoms with Crippen molar-refractivity contribution in [2.45, 2.75) is 13.1 Å². The van der Waals surface area contributed by atoms with E-state index in [0.717, 1.165) is 18.1 Å². The summed E-state index contributed by atoms with van der Waals surface area (Å²) in [6.07, 6.45) is 0. The van der Waals surface area contributed by atoms with E-state index in [1.807, 2.05) is 24.3 Å². The highest BCUT2D eigenvalue weighted by Crippen LogP contribution is 2.10. The Morgan fingerprint density at radius 2 is 1.50 bits per heavy atom. The van der Waals surface area contributed by atoms with Crippen LogP contribution in [0.25, 0.3) is 0 Å². The monoisotopic (exact) mass is 231 g/mol. The lowest BCUT2D eigenvalue weighted by molar-refractivity contribution is 0.693. The third-order valence-electron chi connectivity index (χ3n) is 2.39. The van der Waals surface area contributed by atoms with Gasteiger partial charge in [-0.3, -0.25) is 0 Å². The second kappa shape index (κ2) is 5.69. The molecule has 82 valence electrons. The molecule has 0 saturated heterocycles. The van der Waals surface area contributed by atoms with Crippen LogP contribution in [0.1, 0.15) is 11.1 Å². The van der Waals surface area contributed by atoms with E-state index >= 15 is 0 Å². The van der Waals surface area contributed by atoms with Crippen molar-refractivity contribution in [2.24, 2.45) is 0 Å². The van der Waals surface area contributed by atoms with Crippen molar-refractivity contribution in [1.29, 1.82) is 0 Å². The van der Waals surface area contributed by atoms with Crippen LogP contribution in [-0.2, 0) is 13.1 Å². The van der Waals surface area contributed by atoms with Gasteiger partial charge in [0.1, 0.15) is 0 Å². The summed E-state index contributed by atoms with van der Waals surface area (Å²) in [7, 11) is 0. The minimum absolute atomic E-state index is 0.791. The quantitative estimate of drug-likeness (QED) is 0.848. The predicted octanol–water partition coefficient (Wildman–Crippen LogP) is 3.63. The van der Waals surface area contributed by atoms with E-state index < -0.39 is 0 Å². The van der Waals surface area contributed by atoms with E-state index in [-0.39, 0.29) is 0 Å². The standard InChI is InChI=1S/C14H14ClN/c15-14-8-4-7-13(9-14)11-16-10-12-5-2-1-3-6-12/h1-9,16H,10-11H2. The van der Waals surface area contributed by atoms with Crippen molar-refractivity contribution in [3.8, 4) is 0 Å². The molecule has 2 aromatic rings. The van der Waals surface area contributed by atoms with Crippen LogP contribution in [0, 0.1) is 0 Å². The Labute approximate surface area is 101 Å². The maximum atomic E-state index is 5.91. The average molecular weight is 232 g/mol. The van der Waals surface area contributed by atoms with Gasteiger partial charge in [-0.15, -0.1) is 0 Å². The molecule has 0 bridgehead atoms. The highest BCUT2D eigenvalue weighted by molar-refractivity contribution is 6.30. The molecule has 0 aliphatic rings. The smallest absolute Gasteiger partial charge is 0.0409 e. The predicted molar refractivity (Wildman–Crippen MR) is 68.4 cm³/mol. The first kappa shape index (κ1) is 11.2. The molecular weight excluding hydrogens is 218 g/mol. The molecule has 0 fully saturated rings. The second-order valence-electron chi connectivity index (χ2n) is 3.72. The lowest BCUT2D eigenvalue weighted by atomic mass is 10.2. The SMILES string of the molecule is Clc1cccc(CNCc2ccccc2)c1. The van der Waals surface area contributed by atoms with E-state index in [1.165, 1.54) is 11.1 Å². The Morgan fingerprint density at radius 3 is 2.25 bits per heavy atom. The molecule has 2 rings (SSSR count). The summed E-state index contributed by atoms with van der Waals surface area (Å²) < 4.78 is 0. The van der Waals surface area contributed by atoms with Crippen molar-refractivity contribution in [3.05, 3.63) is 70.7 Å². The number of rotatable bonds is 4. The summed E-state index contributed by atoms with van der Waals surface area (Å²) in [6.45, 7) is 1.73. The zero-order valence-corrected chi connectivity index (χ0v) is 9.74. The molecule has 0 unspecified atom stereocenters. The van der Waals surface area contributed by atoms with Crippen LogP contribution in [0.2, 0.25) is 5.02 Å². The fourth-order valence-corrected chi connectivity index (χ4v) is 1.81. The number of hydrogen-bond acceptors (Lipinski definition) is 1. The molecule has 0 spiro atoms. The highest BCUT2D eigenvalue weighted by Gasteiger charge is 1.94. The maximum absolute atomic E-state index is 5.91. The minimum Gasteiger partial charge on any atom is -0.309 e. The van der Waals surface area contributed by atoms with Gasteiger partial charge >= 0.3 is 0 Å². The molecule has 1 N–H and O–H groups in total. The zero-order valence-electron chi connectivity index (χ0n) is 8.99. The summed E-state index contributed by atoms with van der Waals surface area (Å²) in [4.78, 5) is 0. The summed E-state index contributed by atoms with van der Waals surface area (Å²) in [5, 5.41) is 4.18. The van der Waals surface area contributed by atoms with Crippen LogP contribution < -0.4 is 5.32 Å². The van der Waals surface area contributed by atoms with Gasteiger partial charge in [0, 0.05) is 18.1 Å². The van der Waals surface area contributed by atoms with Gasteiger partial charge in [-0.2, -0.15) is 0 Å². The van der Waals surface area contributed by atoms with Crippen LogP contribution in [0.3, 0.4) is 0 Å². The van der Waals surface area contributed by atoms with Gasteiger partial charge in [-0.25, -0.2) is 0 Å². The van der Waals surface area contributed by atoms with E-state index in [4.69, 9.17) is 11.6 Å². The normalized spacial score (nSPS) is 10.3. The lowest BCUT2D eigenvalue weighted by Gasteiger charge is -2.05. The highest BCUT2D eigenvalue weighted by atomic mass is 35.5. The van der Waals surface area contributed by atoms with Crippen molar-refractivity contribution in [2.75, 3.05) is 0 Å². The molecule has 2 heteroatoms. The fourth-order valence-electron chi connectivity index (χ4n) is 1.59. The number of nitrogens with one attached hydrogen (secondary N) is 1. The summed E-state index contributed by atoms with van der Waals surface area (Å²) in [5.74, 6) is 0. The second-order valence-corrected chi connectivity index (χ2v) is 4.16. The summed E-state index contributed by atoms with van der Waals surface area (Å²) in [6, 6.07) is 18.3. The van der Waals surface area contributed by atoms with Crippen molar-refractivity contribution >= 4 is 11.6 Å². The van der Waals surface area contributed by atoms with Gasteiger partial charge in [-0.1, -0.05) is 54.1 Å².